The zero-order valence-corrected chi connectivity index (χ0v) is 13.2. The summed E-state index contributed by atoms with van der Waals surface area (Å²) in [5.74, 6) is 0.762. The molecule has 1 atom stereocenters. The van der Waals surface area contributed by atoms with Gasteiger partial charge in [-0.25, -0.2) is 0 Å². The standard InChI is InChI=1S/C20H24O/c1-15(2)11-17-7-9-19(10-8-17)20-6-4-5-18(13-20)12-16(3)14-21/h4-10,13-16H,11-12H2,1-3H3. The molecular weight excluding hydrogens is 256 g/mol. The van der Waals surface area contributed by atoms with Gasteiger partial charge in [-0.3, -0.25) is 0 Å². The first-order chi connectivity index (χ1) is 10.1. The second-order valence-corrected chi connectivity index (χ2v) is 6.31. The molecule has 0 radical (unpaired) electrons. The molecule has 0 aliphatic rings. The predicted octanol–water partition coefficient (Wildman–Crippen LogP) is 4.93. The first-order valence-corrected chi connectivity index (χ1v) is 7.72. The molecule has 0 aliphatic heterocycles. The van der Waals surface area contributed by atoms with Crippen LogP contribution < -0.4 is 0 Å². The fourth-order valence-corrected chi connectivity index (χ4v) is 2.60. The molecule has 2 aromatic rings. The van der Waals surface area contributed by atoms with Crippen LogP contribution in [0.3, 0.4) is 0 Å². The molecule has 1 nitrogen and oxygen atoms in total. The number of rotatable bonds is 6. The fourth-order valence-electron chi connectivity index (χ4n) is 2.60. The molecule has 1 unspecified atom stereocenters. The number of hydrogen-bond donors (Lipinski definition) is 0. The summed E-state index contributed by atoms with van der Waals surface area (Å²) in [5.41, 5.74) is 5.07. The van der Waals surface area contributed by atoms with Crippen LogP contribution in [0.4, 0.5) is 0 Å². The van der Waals surface area contributed by atoms with Gasteiger partial charge in [-0.2, -0.15) is 0 Å². The molecule has 0 heterocycles. The average molecular weight is 280 g/mol. The minimum Gasteiger partial charge on any atom is -0.303 e. The highest BCUT2D eigenvalue weighted by atomic mass is 16.1. The summed E-state index contributed by atoms with van der Waals surface area (Å²) in [6.07, 6.45) is 2.95. The van der Waals surface area contributed by atoms with E-state index in [-0.39, 0.29) is 5.92 Å². The number of carbonyl (C=O) groups is 1. The van der Waals surface area contributed by atoms with E-state index in [0.717, 1.165) is 19.1 Å². The Labute approximate surface area is 128 Å². The van der Waals surface area contributed by atoms with Gasteiger partial charge in [0.05, 0.1) is 0 Å². The Kier molecular flexibility index (Phi) is 5.32. The third kappa shape index (κ3) is 4.56. The summed E-state index contributed by atoms with van der Waals surface area (Å²) < 4.78 is 0. The zero-order chi connectivity index (χ0) is 15.2. The van der Waals surface area contributed by atoms with Crippen LogP contribution in [0.25, 0.3) is 11.1 Å². The molecular formula is C20H24O. The molecule has 2 rings (SSSR count). The summed E-state index contributed by atoms with van der Waals surface area (Å²) in [6.45, 7) is 6.44. The van der Waals surface area contributed by atoms with Crippen LogP contribution in [-0.4, -0.2) is 6.29 Å². The molecule has 0 aromatic heterocycles. The number of hydrogen-bond acceptors (Lipinski definition) is 1. The van der Waals surface area contributed by atoms with E-state index in [1.54, 1.807) is 0 Å². The Hall–Kier alpha value is -1.89. The highest BCUT2D eigenvalue weighted by Crippen LogP contribution is 2.22. The molecule has 2 aromatic carbocycles. The van der Waals surface area contributed by atoms with E-state index in [4.69, 9.17) is 0 Å². The van der Waals surface area contributed by atoms with Crippen LogP contribution in [0.1, 0.15) is 31.9 Å². The normalized spacial score (nSPS) is 12.4. The van der Waals surface area contributed by atoms with Crippen molar-refractivity contribution in [3.05, 3.63) is 59.7 Å². The molecule has 0 saturated heterocycles. The fraction of sp³-hybridized carbons (Fsp3) is 0.350. The SMILES string of the molecule is CC(C)Cc1ccc(-c2cccc(CC(C)C=O)c2)cc1. The Balaban J connectivity index is 2.17. The van der Waals surface area contributed by atoms with Crippen molar-refractivity contribution in [3.8, 4) is 11.1 Å². The monoisotopic (exact) mass is 280 g/mol. The lowest BCUT2D eigenvalue weighted by Crippen LogP contribution is -2.00. The van der Waals surface area contributed by atoms with Crippen LogP contribution in [0.15, 0.2) is 48.5 Å². The topological polar surface area (TPSA) is 17.1 Å². The van der Waals surface area contributed by atoms with Crippen molar-refractivity contribution in [1.82, 2.24) is 0 Å². The largest absolute Gasteiger partial charge is 0.303 e. The predicted molar refractivity (Wildman–Crippen MR) is 89.4 cm³/mol. The van der Waals surface area contributed by atoms with Gasteiger partial charge in [-0.15, -0.1) is 0 Å². The maximum absolute atomic E-state index is 10.8. The van der Waals surface area contributed by atoms with Crippen molar-refractivity contribution in [2.45, 2.75) is 33.6 Å². The Morgan fingerprint density at radius 2 is 1.57 bits per heavy atom. The van der Waals surface area contributed by atoms with E-state index in [9.17, 15) is 4.79 Å². The van der Waals surface area contributed by atoms with Crippen molar-refractivity contribution in [3.63, 3.8) is 0 Å². The summed E-state index contributed by atoms with van der Waals surface area (Å²) in [6, 6.07) is 17.3. The van der Waals surface area contributed by atoms with Crippen molar-refractivity contribution >= 4 is 6.29 Å². The van der Waals surface area contributed by atoms with E-state index < -0.39 is 0 Å². The van der Waals surface area contributed by atoms with Gasteiger partial charge in [0.25, 0.3) is 0 Å². The van der Waals surface area contributed by atoms with E-state index in [2.05, 4.69) is 62.4 Å². The Morgan fingerprint density at radius 1 is 0.857 bits per heavy atom. The summed E-state index contributed by atoms with van der Waals surface area (Å²) >= 11 is 0. The summed E-state index contributed by atoms with van der Waals surface area (Å²) in [7, 11) is 0. The summed E-state index contributed by atoms with van der Waals surface area (Å²) in [4.78, 5) is 10.8. The molecule has 0 bridgehead atoms. The van der Waals surface area contributed by atoms with Gasteiger partial charge in [0.15, 0.2) is 0 Å². The lowest BCUT2D eigenvalue weighted by atomic mass is 9.96. The van der Waals surface area contributed by atoms with Gasteiger partial charge >= 0.3 is 0 Å². The molecule has 0 N–H and O–H groups in total. The minimum absolute atomic E-state index is 0.0775. The first-order valence-electron chi connectivity index (χ1n) is 7.72. The van der Waals surface area contributed by atoms with Gasteiger partial charge in [0.2, 0.25) is 0 Å². The Bertz CT molecular complexity index is 581. The number of benzene rings is 2. The van der Waals surface area contributed by atoms with Gasteiger partial charge < -0.3 is 4.79 Å². The lowest BCUT2D eigenvalue weighted by Gasteiger charge is -2.09. The third-order valence-corrected chi connectivity index (χ3v) is 3.65. The highest BCUT2D eigenvalue weighted by molar-refractivity contribution is 5.64. The maximum atomic E-state index is 10.8. The molecule has 0 amide bonds. The van der Waals surface area contributed by atoms with E-state index >= 15 is 0 Å². The van der Waals surface area contributed by atoms with E-state index in [1.165, 1.54) is 22.3 Å². The van der Waals surface area contributed by atoms with Crippen molar-refractivity contribution in [2.24, 2.45) is 11.8 Å². The quantitative estimate of drug-likeness (QED) is 0.686. The molecule has 1 heteroatoms. The Morgan fingerprint density at radius 3 is 2.19 bits per heavy atom. The maximum Gasteiger partial charge on any atom is 0.123 e. The molecule has 0 aliphatic carbocycles. The van der Waals surface area contributed by atoms with Gasteiger partial charge in [-0.05, 0) is 41.0 Å². The number of carbonyl (C=O) groups excluding carboxylic acids is 1. The van der Waals surface area contributed by atoms with Gasteiger partial charge in [-0.1, -0.05) is 69.3 Å². The van der Waals surface area contributed by atoms with Crippen molar-refractivity contribution in [1.29, 1.82) is 0 Å². The third-order valence-electron chi connectivity index (χ3n) is 3.65. The molecule has 0 fully saturated rings. The average Bonchev–Trinajstić information content (AvgIpc) is 2.47. The summed E-state index contributed by atoms with van der Waals surface area (Å²) in [5, 5.41) is 0. The molecule has 0 spiro atoms. The molecule has 0 saturated carbocycles. The van der Waals surface area contributed by atoms with Crippen LogP contribution in [0, 0.1) is 11.8 Å². The van der Waals surface area contributed by atoms with E-state index in [0.29, 0.717) is 5.92 Å². The molecule has 110 valence electrons. The van der Waals surface area contributed by atoms with E-state index in [1.807, 2.05) is 6.92 Å². The minimum atomic E-state index is 0.0775. The second kappa shape index (κ2) is 7.21. The smallest absolute Gasteiger partial charge is 0.123 e. The van der Waals surface area contributed by atoms with Gasteiger partial charge in [0.1, 0.15) is 6.29 Å². The van der Waals surface area contributed by atoms with Crippen LogP contribution in [-0.2, 0) is 17.6 Å². The lowest BCUT2D eigenvalue weighted by molar-refractivity contribution is -0.110. The van der Waals surface area contributed by atoms with Crippen LogP contribution in [0.2, 0.25) is 0 Å². The van der Waals surface area contributed by atoms with Crippen LogP contribution in [0.5, 0.6) is 0 Å². The van der Waals surface area contributed by atoms with Crippen molar-refractivity contribution in [2.75, 3.05) is 0 Å². The molecule has 21 heavy (non-hydrogen) atoms. The number of aldehydes is 1. The van der Waals surface area contributed by atoms with Crippen molar-refractivity contribution < 1.29 is 4.79 Å². The highest BCUT2D eigenvalue weighted by Gasteiger charge is 2.04. The van der Waals surface area contributed by atoms with Crippen LogP contribution >= 0.6 is 0 Å². The van der Waals surface area contributed by atoms with Gasteiger partial charge in [0, 0.05) is 5.92 Å². The first kappa shape index (κ1) is 15.5. The second-order valence-electron chi connectivity index (χ2n) is 6.31. The zero-order valence-electron chi connectivity index (χ0n) is 13.2.